The fourth-order valence-corrected chi connectivity index (χ4v) is 4.92. The van der Waals surface area contributed by atoms with Crippen LogP contribution in [0.25, 0.3) is 0 Å². The van der Waals surface area contributed by atoms with Crippen LogP contribution in [-0.2, 0) is 0 Å². The Balaban J connectivity index is 1.63. The van der Waals surface area contributed by atoms with Crippen molar-refractivity contribution >= 4 is 0 Å². The molecule has 0 aromatic rings. The number of hydrogen-bond acceptors (Lipinski definition) is 2. The number of nitrogens with zero attached hydrogens (tertiary/aromatic N) is 1. The number of hydrogen-bond donors (Lipinski definition) is 1. The van der Waals surface area contributed by atoms with Gasteiger partial charge in [0.05, 0.1) is 0 Å². The zero-order chi connectivity index (χ0) is 13.3. The van der Waals surface area contributed by atoms with Gasteiger partial charge >= 0.3 is 0 Å². The van der Waals surface area contributed by atoms with Crippen molar-refractivity contribution in [3.05, 3.63) is 0 Å². The van der Waals surface area contributed by atoms with Gasteiger partial charge < -0.3 is 5.32 Å². The molecule has 2 aliphatic heterocycles. The first-order valence-electron chi connectivity index (χ1n) is 8.64. The summed E-state index contributed by atoms with van der Waals surface area (Å²) in [6.07, 6.45) is 11.5. The summed E-state index contributed by atoms with van der Waals surface area (Å²) in [5.41, 5.74) is 0.545. The first-order valence-corrected chi connectivity index (χ1v) is 8.64. The molecule has 0 aromatic heterocycles. The minimum atomic E-state index is 0.545. The van der Waals surface area contributed by atoms with Crippen LogP contribution in [0, 0.1) is 11.3 Å². The average Bonchev–Trinajstić information content (AvgIpc) is 2.92. The monoisotopic (exact) mass is 264 g/mol. The number of piperidine rings is 1. The molecular weight excluding hydrogens is 232 g/mol. The maximum atomic E-state index is 3.74. The third kappa shape index (κ3) is 3.00. The largest absolute Gasteiger partial charge is 0.314 e. The molecule has 1 N–H and O–H groups in total. The second-order valence-corrected chi connectivity index (χ2v) is 7.85. The molecule has 1 aliphatic carbocycles. The molecule has 1 saturated carbocycles. The van der Waals surface area contributed by atoms with E-state index in [-0.39, 0.29) is 0 Å². The van der Waals surface area contributed by atoms with Gasteiger partial charge in [-0.1, -0.05) is 26.7 Å². The summed E-state index contributed by atoms with van der Waals surface area (Å²) >= 11 is 0. The van der Waals surface area contributed by atoms with E-state index in [0.29, 0.717) is 5.41 Å². The molecule has 2 heterocycles. The molecule has 0 spiro atoms. The summed E-state index contributed by atoms with van der Waals surface area (Å²) in [6.45, 7) is 9.00. The van der Waals surface area contributed by atoms with E-state index in [0.717, 1.165) is 18.0 Å². The van der Waals surface area contributed by atoms with Gasteiger partial charge in [-0.3, -0.25) is 4.90 Å². The quantitative estimate of drug-likeness (QED) is 0.822. The van der Waals surface area contributed by atoms with Gasteiger partial charge in [0, 0.05) is 18.6 Å². The number of likely N-dealkylation sites (tertiary alicyclic amines) is 1. The molecule has 3 aliphatic rings. The molecule has 3 fully saturated rings. The lowest BCUT2D eigenvalue weighted by Gasteiger charge is -2.49. The van der Waals surface area contributed by atoms with Crippen molar-refractivity contribution in [3.8, 4) is 0 Å². The molecule has 2 heteroatoms. The van der Waals surface area contributed by atoms with E-state index >= 15 is 0 Å². The van der Waals surface area contributed by atoms with Crippen LogP contribution in [0.4, 0.5) is 0 Å². The van der Waals surface area contributed by atoms with Crippen molar-refractivity contribution in [2.24, 2.45) is 11.3 Å². The molecule has 3 unspecified atom stereocenters. The number of rotatable bonds is 2. The minimum Gasteiger partial charge on any atom is -0.314 e. The van der Waals surface area contributed by atoms with Gasteiger partial charge in [-0.2, -0.15) is 0 Å². The van der Waals surface area contributed by atoms with Crippen molar-refractivity contribution in [3.63, 3.8) is 0 Å². The Kier molecular flexibility index (Phi) is 4.19. The SMILES string of the molecule is CC1(C)CCCCC1N1CCCC(C2CCCN2)C1. The van der Waals surface area contributed by atoms with Gasteiger partial charge in [0.2, 0.25) is 0 Å². The fourth-order valence-electron chi connectivity index (χ4n) is 4.92. The fraction of sp³-hybridized carbons (Fsp3) is 1.00. The highest BCUT2D eigenvalue weighted by Gasteiger charge is 2.39. The van der Waals surface area contributed by atoms with Crippen LogP contribution >= 0.6 is 0 Å². The molecule has 0 amide bonds. The smallest absolute Gasteiger partial charge is 0.0146 e. The molecule has 3 atom stereocenters. The predicted octanol–water partition coefficient (Wildman–Crippen LogP) is 3.42. The second kappa shape index (κ2) is 5.73. The van der Waals surface area contributed by atoms with Crippen molar-refractivity contribution < 1.29 is 0 Å². The van der Waals surface area contributed by atoms with Crippen molar-refractivity contribution in [2.75, 3.05) is 19.6 Å². The summed E-state index contributed by atoms with van der Waals surface area (Å²) in [7, 11) is 0. The van der Waals surface area contributed by atoms with Gasteiger partial charge in [-0.25, -0.2) is 0 Å². The minimum absolute atomic E-state index is 0.545. The molecule has 3 rings (SSSR count). The van der Waals surface area contributed by atoms with Crippen LogP contribution in [0.2, 0.25) is 0 Å². The Hall–Kier alpha value is -0.0800. The maximum Gasteiger partial charge on any atom is 0.0146 e. The molecular formula is C17H32N2. The van der Waals surface area contributed by atoms with E-state index in [1.54, 1.807) is 0 Å². The van der Waals surface area contributed by atoms with Gasteiger partial charge in [0.1, 0.15) is 0 Å². The lowest BCUT2D eigenvalue weighted by Crippen LogP contribution is -2.53. The Labute approximate surface area is 119 Å². The summed E-state index contributed by atoms with van der Waals surface area (Å²) < 4.78 is 0. The maximum absolute atomic E-state index is 3.74. The van der Waals surface area contributed by atoms with E-state index in [4.69, 9.17) is 0 Å². The molecule has 2 nitrogen and oxygen atoms in total. The van der Waals surface area contributed by atoms with E-state index in [2.05, 4.69) is 24.1 Å². The Morgan fingerprint density at radius 2 is 1.89 bits per heavy atom. The lowest BCUT2D eigenvalue weighted by atomic mass is 9.71. The lowest BCUT2D eigenvalue weighted by molar-refractivity contribution is 0.0146. The molecule has 2 saturated heterocycles. The Morgan fingerprint density at radius 1 is 1.00 bits per heavy atom. The third-order valence-corrected chi connectivity index (χ3v) is 6.05. The number of nitrogens with one attached hydrogen (secondary N) is 1. The summed E-state index contributed by atoms with van der Waals surface area (Å²) in [6, 6.07) is 1.68. The van der Waals surface area contributed by atoms with Crippen LogP contribution in [0.15, 0.2) is 0 Å². The van der Waals surface area contributed by atoms with Gasteiger partial charge in [-0.05, 0) is 62.9 Å². The summed E-state index contributed by atoms with van der Waals surface area (Å²) in [5, 5.41) is 3.74. The van der Waals surface area contributed by atoms with Crippen LogP contribution < -0.4 is 5.32 Å². The predicted molar refractivity (Wildman–Crippen MR) is 81.4 cm³/mol. The highest BCUT2D eigenvalue weighted by atomic mass is 15.2. The Bertz CT molecular complexity index is 294. The summed E-state index contributed by atoms with van der Waals surface area (Å²) in [5.74, 6) is 0.925. The summed E-state index contributed by atoms with van der Waals surface area (Å²) in [4.78, 5) is 2.87. The van der Waals surface area contributed by atoms with Crippen LogP contribution in [-0.4, -0.2) is 36.6 Å². The van der Waals surface area contributed by atoms with E-state index < -0.39 is 0 Å². The first kappa shape index (κ1) is 13.9. The normalized spacial score (nSPS) is 40.4. The highest BCUT2D eigenvalue weighted by molar-refractivity contribution is 4.94. The van der Waals surface area contributed by atoms with E-state index in [1.165, 1.54) is 71.0 Å². The van der Waals surface area contributed by atoms with E-state index in [1.807, 2.05) is 0 Å². The zero-order valence-corrected chi connectivity index (χ0v) is 13.0. The molecule has 0 bridgehead atoms. The van der Waals surface area contributed by atoms with Crippen molar-refractivity contribution in [1.82, 2.24) is 10.2 Å². The van der Waals surface area contributed by atoms with E-state index in [9.17, 15) is 0 Å². The van der Waals surface area contributed by atoms with Gasteiger partial charge in [0.25, 0.3) is 0 Å². The van der Waals surface area contributed by atoms with Gasteiger partial charge in [-0.15, -0.1) is 0 Å². The Morgan fingerprint density at radius 3 is 2.63 bits per heavy atom. The van der Waals surface area contributed by atoms with Crippen molar-refractivity contribution in [1.29, 1.82) is 0 Å². The standard InChI is InChI=1S/C17H32N2/c1-17(2)10-4-3-9-16(17)19-12-6-7-14(13-19)15-8-5-11-18-15/h14-16,18H,3-13H2,1-2H3. The molecule has 0 radical (unpaired) electrons. The highest BCUT2D eigenvalue weighted by Crippen LogP contribution is 2.40. The zero-order valence-electron chi connectivity index (χ0n) is 13.0. The van der Waals surface area contributed by atoms with Crippen LogP contribution in [0.5, 0.6) is 0 Å². The first-order chi connectivity index (χ1) is 9.17. The average molecular weight is 264 g/mol. The van der Waals surface area contributed by atoms with Crippen molar-refractivity contribution in [2.45, 2.75) is 77.3 Å². The molecule has 110 valence electrons. The second-order valence-electron chi connectivity index (χ2n) is 7.85. The third-order valence-electron chi connectivity index (χ3n) is 6.05. The molecule has 0 aromatic carbocycles. The topological polar surface area (TPSA) is 15.3 Å². The van der Waals surface area contributed by atoms with Crippen LogP contribution in [0.1, 0.15) is 65.2 Å². The molecule has 19 heavy (non-hydrogen) atoms. The van der Waals surface area contributed by atoms with Gasteiger partial charge in [0.15, 0.2) is 0 Å². The van der Waals surface area contributed by atoms with Crippen LogP contribution in [0.3, 0.4) is 0 Å².